The summed E-state index contributed by atoms with van der Waals surface area (Å²) >= 11 is 0. The minimum Gasteiger partial charge on any atom is -0.207 e. The molecule has 0 saturated carbocycles. The molecule has 0 spiro atoms. The van der Waals surface area contributed by atoms with Crippen LogP contribution in [0.15, 0.2) is 116 Å². The molecule has 5 aromatic rings. The van der Waals surface area contributed by atoms with E-state index < -0.39 is 0 Å². The Kier molecular flexibility index (Phi) is 4.89. The summed E-state index contributed by atoms with van der Waals surface area (Å²) in [6, 6.07) is 32.9. The van der Waals surface area contributed by atoms with Gasteiger partial charge in [-0.2, -0.15) is 9.13 Å². The van der Waals surface area contributed by atoms with Crippen molar-refractivity contribution >= 4 is 0 Å². The predicted octanol–water partition coefficient (Wildman–Crippen LogP) is 6.37. The van der Waals surface area contributed by atoms with Gasteiger partial charge in [-0.3, -0.25) is 0 Å². The van der Waals surface area contributed by atoms with Gasteiger partial charge in [-0.25, -0.2) is 8.78 Å². The number of hydrogen-bond acceptors (Lipinski definition) is 0. The summed E-state index contributed by atoms with van der Waals surface area (Å²) in [6.07, 6.45) is 2.02. The topological polar surface area (TPSA) is 8.81 Å². The quantitative estimate of drug-likeness (QED) is 0.305. The van der Waals surface area contributed by atoms with Crippen molar-refractivity contribution in [3.8, 4) is 33.9 Å². The fourth-order valence-electron chi connectivity index (χ4n) is 3.79. The molecule has 1 aromatic heterocycles. The average molecular weight is 409 g/mol. The molecule has 0 amide bonds. The van der Waals surface area contributed by atoms with Gasteiger partial charge >= 0.3 is 0 Å². The van der Waals surface area contributed by atoms with Crippen LogP contribution in [0.25, 0.3) is 33.9 Å². The Morgan fingerprint density at radius 2 is 1.06 bits per heavy atom. The number of rotatable bonds is 4. The molecule has 0 bridgehead atoms. The number of nitrogens with zero attached hydrogens (tertiary/aromatic N) is 2. The van der Waals surface area contributed by atoms with E-state index in [4.69, 9.17) is 0 Å². The first kappa shape index (κ1) is 18.9. The summed E-state index contributed by atoms with van der Waals surface area (Å²) in [6.45, 7) is 0. The Balaban J connectivity index is 1.88. The molecule has 150 valence electrons. The molecule has 0 radical (unpaired) electrons. The molecule has 0 unspecified atom stereocenters. The van der Waals surface area contributed by atoms with Gasteiger partial charge in [0.2, 0.25) is 0 Å². The van der Waals surface area contributed by atoms with E-state index in [-0.39, 0.29) is 11.6 Å². The van der Waals surface area contributed by atoms with E-state index in [1.54, 1.807) is 24.3 Å². The number of imidazole rings is 1. The molecule has 0 atom stereocenters. The van der Waals surface area contributed by atoms with Crippen molar-refractivity contribution < 1.29 is 13.3 Å². The molecule has 31 heavy (non-hydrogen) atoms. The average Bonchev–Trinajstić information content (AvgIpc) is 3.22. The second-order valence-electron chi connectivity index (χ2n) is 7.24. The Morgan fingerprint density at radius 3 is 1.65 bits per heavy atom. The summed E-state index contributed by atoms with van der Waals surface area (Å²) in [7, 11) is 0. The maximum absolute atomic E-state index is 13.7. The molecule has 2 nitrogen and oxygen atoms in total. The molecule has 0 aliphatic rings. The van der Waals surface area contributed by atoms with Crippen LogP contribution in [-0.2, 0) is 0 Å². The highest BCUT2D eigenvalue weighted by Gasteiger charge is 2.28. The van der Waals surface area contributed by atoms with Gasteiger partial charge in [0.15, 0.2) is 11.4 Å². The molecule has 0 aliphatic heterocycles. The van der Waals surface area contributed by atoms with Crippen molar-refractivity contribution in [1.82, 2.24) is 4.57 Å². The number of aromatic nitrogens is 2. The van der Waals surface area contributed by atoms with E-state index in [1.807, 2.05) is 67.0 Å². The van der Waals surface area contributed by atoms with Crippen LogP contribution >= 0.6 is 0 Å². The normalized spacial score (nSPS) is 10.9. The first-order chi connectivity index (χ1) is 15.2. The lowest BCUT2D eigenvalue weighted by atomic mass is 10.0. The molecular formula is C27H19F2N2+. The van der Waals surface area contributed by atoms with Crippen LogP contribution < -0.4 is 4.57 Å². The summed E-state index contributed by atoms with van der Waals surface area (Å²) in [5.41, 5.74) is 5.45. The van der Waals surface area contributed by atoms with E-state index in [1.165, 1.54) is 24.3 Å². The maximum Gasteiger partial charge on any atom is 0.255 e. The highest BCUT2D eigenvalue weighted by Crippen LogP contribution is 2.33. The zero-order chi connectivity index (χ0) is 21.2. The summed E-state index contributed by atoms with van der Waals surface area (Å²) in [4.78, 5) is 0. The Hall–Kier alpha value is -4.05. The predicted molar refractivity (Wildman–Crippen MR) is 118 cm³/mol. The fourth-order valence-corrected chi connectivity index (χ4v) is 3.79. The first-order valence-electron chi connectivity index (χ1n) is 10.0. The third-order valence-corrected chi connectivity index (χ3v) is 5.24. The lowest BCUT2D eigenvalue weighted by Gasteiger charge is -2.06. The minimum atomic E-state index is -0.291. The molecule has 0 N–H and O–H groups in total. The molecule has 4 aromatic carbocycles. The maximum atomic E-state index is 13.7. The van der Waals surface area contributed by atoms with Gasteiger partial charge in [0.25, 0.3) is 6.33 Å². The van der Waals surface area contributed by atoms with Crippen molar-refractivity contribution in [3.63, 3.8) is 0 Å². The van der Waals surface area contributed by atoms with Crippen molar-refractivity contribution in [1.29, 1.82) is 0 Å². The number of para-hydroxylation sites is 2. The second kappa shape index (κ2) is 8.00. The van der Waals surface area contributed by atoms with Crippen molar-refractivity contribution in [2.75, 3.05) is 0 Å². The van der Waals surface area contributed by atoms with Gasteiger partial charge in [-0.15, -0.1) is 0 Å². The standard InChI is InChI=1S/C27H19F2N2/c28-22-15-11-20(12-16-22)26-27(21-13-17-23(29)18-14-21)31(25-9-5-2-6-10-25)19-30(26)24-7-3-1-4-8-24/h1-19H/q+1. The van der Waals surface area contributed by atoms with Crippen molar-refractivity contribution in [2.24, 2.45) is 0 Å². The van der Waals surface area contributed by atoms with Gasteiger partial charge in [-0.1, -0.05) is 36.4 Å². The lowest BCUT2D eigenvalue weighted by molar-refractivity contribution is -0.583. The van der Waals surface area contributed by atoms with Gasteiger partial charge in [0, 0.05) is 11.1 Å². The summed E-state index contributed by atoms with van der Waals surface area (Å²) in [5, 5.41) is 0. The van der Waals surface area contributed by atoms with Gasteiger partial charge in [-0.05, 0) is 72.8 Å². The fraction of sp³-hybridized carbons (Fsp3) is 0. The highest BCUT2D eigenvalue weighted by atomic mass is 19.1. The van der Waals surface area contributed by atoms with Crippen LogP contribution in [0, 0.1) is 11.6 Å². The van der Waals surface area contributed by atoms with E-state index in [9.17, 15) is 8.78 Å². The lowest BCUT2D eigenvalue weighted by Crippen LogP contribution is -2.30. The number of hydrogen-bond donors (Lipinski definition) is 0. The monoisotopic (exact) mass is 409 g/mol. The van der Waals surface area contributed by atoms with E-state index >= 15 is 0 Å². The summed E-state index contributed by atoms with van der Waals surface area (Å²) < 4.78 is 31.6. The molecular weight excluding hydrogens is 390 g/mol. The van der Waals surface area contributed by atoms with Crippen molar-refractivity contribution in [2.45, 2.75) is 0 Å². The van der Waals surface area contributed by atoms with Crippen LogP contribution in [0.3, 0.4) is 0 Å². The zero-order valence-electron chi connectivity index (χ0n) is 16.6. The largest absolute Gasteiger partial charge is 0.255 e. The van der Waals surface area contributed by atoms with Gasteiger partial charge in [0.1, 0.15) is 23.0 Å². The van der Waals surface area contributed by atoms with E-state index in [2.05, 4.69) is 9.13 Å². The SMILES string of the molecule is Fc1ccc(-c2c(-c3ccc(F)cc3)[n+](-c3ccccc3)cn2-c2ccccc2)cc1. The first-order valence-corrected chi connectivity index (χ1v) is 10.0. The van der Waals surface area contributed by atoms with Gasteiger partial charge < -0.3 is 0 Å². The molecule has 0 saturated heterocycles. The van der Waals surface area contributed by atoms with E-state index in [0.717, 1.165) is 33.9 Å². The molecule has 5 rings (SSSR count). The number of halogens is 2. The third kappa shape index (κ3) is 3.64. The zero-order valence-corrected chi connectivity index (χ0v) is 16.6. The molecule has 1 heterocycles. The van der Waals surface area contributed by atoms with Crippen molar-refractivity contribution in [3.05, 3.63) is 127 Å². The highest BCUT2D eigenvalue weighted by molar-refractivity contribution is 5.78. The van der Waals surface area contributed by atoms with Crippen LogP contribution in [0.2, 0.25) is 0 Å². The van der Waals surface area contributed by atoms with Crippen LogP contribution in [-0.4, -0.2) is 4.57 Å². The number of benzene rings is 4. The second-order valence-corrected chi connectivity index (χ2v) is 7.24. The Labute approximate surface area is 179 Å². The Morgan fingerprint density at radius 1 is 0.548 bits per heavy atom. The third-order valence-electron chi connectivity index (χ3n) is 5.24. The van der Waals surface area contributed by atoms with Crippen LogP contribution in [0.4, 0.5) is 8.78 Å². The van der Waals surface area contributed by atoms with E-state index in [0.29, 0.717) is 0 Å². The molecule has 4 heteroatoms. The minimum absolute atomic E-state index is 0.291. The van der Waals surface area contributed by atoms with Crippen LogP contribution in [0.1, 0.15) is 0 Å². The van der Waals surface area contributed by atoms with Gasteiger partial charge in [0.05, 0.1) is 0 Å². The smallest absolute Gasteiger partial charge is 0.207 e. The molecule has 0 fully saturated rings. The summed E-state index contributed by atoms with van der Waals surface area (Å²) in [5.74, 6) is -0.582. The Bertz CT molecular complexity index is 1200. The van der Waals surface area contributed by atoms with Crippen LogP contribution in [0.5, 0.6) is 0 Å². The molecule has 0 aliphatic carbocycles.